The molecule has 1 fully saturated rings. The zero-order chi connectivity index (χ0) is 33.8. The molecule has 1 aliphatic heterocycles. The highest BCUT2D eigenvalue weighted by Gasteiger charge is 2.28. The predicted octanol–water partition coefficient (Wildman–Crippen LogP) is 4.33. The third-order valence-electron chi connectivity index (χ3n) is 7.83. The molecule has 0 atom stereocenters. The van der Waals surface area contributed by atoms with Gasteiger partial charge in [-0.05, 0) is 61.4 Å². The number of morpholine rings is 1. The summed E-state index contributed by atoms with van der Waals surface area (Å²) in [5.74, 6) is 0.0332. The van der Waals surface area contributed by atoms with Crippen molar-refractivity contribution in [3.8, 4) is 17.1 Å². The number of amides is 1. The van der Waals surface area contributed by atoms with Crippen molar-refractivity contribution in [1.29, 1.82) is 0 Å². The Kier molecular flexibility index (Phi) is 10.8. The van der Waals surface area contributed by atoms with E-state index in [2.05, 4.69) is 15.5 Å². The largest absolute Gasteiger partial charge is 0.379 e. The molecule has 0 spiro atoms. The minimum atomic E-state index is -3.76. The van der Waals surface area contributed by atoms with Gasteiger partial charge in [-0.3, -0.25) is 9.36 Å². The zero-order valence-electron chi connectivity index (χ0n) is 26.7. The van der Waals surface area contributed by atoms with Crippen LogP contribution in [0.2, 0.25) is 0 Å². The summed E-state index contributed by atoms with van der Waals surface area (Å²) in [6.07, 6.45) is 0. The van der Waals surface area contributed by atoms with Crippen molar-refractivity contribution in [2.75, 3.05) is 50.5 Å². The Morgan fingerprint density at radius 3 is 2.28 bits per heavy atom. The molecular formula is C32H38N6O6S3. The van der Waals surface area contributed by atoms with Crippen molar-refractivity contribution < 1.29 is 26.4 Å². The van der Waals surface area contributed by atoms with Gasteiger partial charge in [0.2, 0.25) is 26.0 Å². The van der Waals surface area contributed by atoms with Crippen LogP contribution in [0.3, 0.4) is 0 Å². The van der Waals surface area contributed by atoms with Gasteiger partial charge in [-0.15, -0.1) is 10.2 Å². The summed E-state index contributed by atoms with van der Waals surface area (Å²) < 4.78 is 63.2. The van der Waals surface area contributed by atoms with E-state index in [1.54, 1.807) is 55.7 Å². The van der Waals surface area contributed by atoms with Gasteiger partial charge in [-0.2, -0.15) is 8.61 Å². The van der Waals surface area contributed by atoms with Crippen molar-refractivity contribution >= 4 is 43.4 Å². The summed E-state index contributed by atoms with van der Waals surface area (Å²) in [6.45, 7) is 9.08. The van der Waals surface area contributed by atoms with Crippen LogP contribution in [0.15, 0.2) is 81.7 Å². The van der Waals surface area contributed by atoms with Crippen LogP contribution in [0.1, 0.15) is 25.0 Å². The molecule has 1 N–H and O–H groups in total. The lowest BCUT2D eigenvalue weighted by molar-refractivity contribution is -0.113. The number of nitrogens with one attached hydrogen (secondary N) is 1. The predicted molar refractivity (Wildman–Crippen MR) is 182 cm³/mol. The van der Waals surface area contributed by atoms with Crippen LogP contribution in [0.25, 0.3) is 17.1 Å². The molecule has 0 radical (unpaired) electrons. The fourth-order valence-corrected chi connectivity index (χ4v) is 9.17. The molecular weight excluding hydrogens is 661 g/mol. The van der Waals surface area contributed by atoms with Gasteiger partial charge < -0.3 is 10.1 Å². The van der Waals surface area contributed by atoms with Gasteiger partial charge in [0.15, 0.2) is 11.0 Å². The standard InChI is InChI=1S/C32H38N6O6S3/c1-5-36(6-2)47(42,43)29-20-25(14-12-24(29)4)33-30(39)22-45-32-35-34-31(38(32)26-10-8-7-9-11-26)28-21-27(15-13-23(28)3)46(40,41)37-16-18-44-19-17-37/h7-15,20-21H,5-6,16-19,22H2,1-4H3,(H,33,39). The van der Waals surface area contributed by atoms with Crippen molar-refractivity contribution in [2.24, 2.45) is 0 Å². The number of rotatable bonds is 12. The van der Waals surface area contributed by atoms with E-state index in [1.807, 2.05) is 37.3 Å². The lowest BCUT2D eigenvalue weighted by atomic mass is 10.1. The highest BCUT2D eigenvalue weighted by molar-refractivity contribution is 7.99. The SMILES string of the molecule is CCN(CC)S(=O)(=O)c1cc(NC(=O)CSc2nnc(-c3cc(S(=O)(=O)N4CCOCC4)ccc3C)n2-c2ccccc2)ccc1C. The number of sulfonamides is 2. The summed E-state index contributed by atoms with van der Waals surface area (Å²) >= 11 is 1.16. The van der Waals surface area contributed by atoms with E-state index >= 15 is 0 Å². The number of carbonyl (C=O) groups excluding carboxylic acids is 1. The molecule has 1 aromatic heterocycles. The second kappa shape index (κ2) is 14.7. The number of thioether (sulfide) groups is 1. The Morgan fingerprint density at radius 2 is 1.60 bits per heavy atom. The van der Waals surface area contributed by atoms with E-state index in [0.717, 1.165) is 23.0 Å². The lowest BCUT2D eigenvalue weighted by Gasteiger charge is -2.26. The maximum Gasteiger partial charge on any atom is 0.243 e. The van der Waals surface area contributed by atoms with E-state index in [1.165, 1.54) is 14.7 Å². The van der Waals surface area contributed by atoms with Crippen LogP contribution in [-0.2, 0) is 29.6 Å². The molecule has 47 heavy (non-hydrogen) atoms. The van der Waals surface area contributed by atoms with Crippen molar-refractivity contribution in [3.05, 3.63) is 77.9 Å². The summed E-state index contributed by atoms with van der Waals surface area (Å²) in [6, 6.07) is 19.2. The van der Waals surface area contributed by atoms with E-state index in [9.17, 15) is 21.6 Å². The average Bonchev–Trinajstić information content (AvgIpc) is 3.49. The summed E-state index contributed by atoms with van der Waals surface area (Å²) in [5, 5.41) is 12.1. The Labute approximate surface area is 280 Å². The highest BCUT2D eigenvalue weighted by Crippen LogP contribution is 2.32. The van der Waals surface area contributed by atoms with E-state index in [-0.39, 0.29) is 34.5 Å². The van der Waals surface area contributed by atoms with Gasteiger partial charge in [0.1, 0.15) is 0 Å². The number of benzene rings is 3. The first-order valence-corrected chi connectivity index (χ1v) is 19.1. The third-order valence-corrected chi connectivity index (χ3v) is 12.8. The first kappa shape index (κ1) is 34.7. The molecule has 1 amide bonds. The Morgan fingerprint density at radius 1 is 0.915 bits per heavy atom. The fourth-order valence-electron chi connectivity index (χ4n) is 5.27. The van der Waals surface area contributed by atoms with Crippen LogP contribution >= 0.6 is 11.8 Å². The van der Waals surface area contributed by atoms with Gasteiger partial charge in [0.05, 0.1) is 28.8 Å². The minimum Gasteiger partial charge on any atom is -0.379 e. The molecule has 12 nitrogen and oxygen atoms in total. The molecule has 4 aromatic rings. The molecule has 0 bridgehead atoms. The maximum atomic E-state index is 13.5. The maximum absolute atomic E-state index is 13.5. The molecule has 1 aliphatic rings. The van der Waals surface area contributed by atoms with Gasteiger partial charge in [-0.25, -0.2) is 16.8 Å². The van der Waals surface area contributed by atoms with E-state index in [0.29, 0.717) is 54.1 Å². The van der Waals surface area contributed by atoms with Crippen LogP contribution in [0, 0.1) is 13.8 Å². The van der Waals surface area contributed by atoms with Crippen molar-refractivity contribution in [1.82, 2.24) is 23.4 Å². The highest BCUT2D eigenvalue weighted by atomic mass is 32.2. The number of aryl methyl sites for hydroxylation is 2. The van der Waals surface area contributed by atoms with Gasteiger partial charge in [0, 0.05) is 43.1 Å². The van der Waals surface area contributed by atoms with Crippen LogP contribution in [-0.4, -0.2) is 91.3 Å². The van der Waals surface area contributed by atoms with E-state index < -0.39 is 20.0 Å². The molecule has 0 saturated carbocycles. The zero-order valence-corrected chi connectivity index (χ0v) is 29.2. The molecule has 250 valence electrons. The third kappa shape index (κ3) is 7.45. The fraction of sp³-hybridized carbons (Fsp3) is 0.344. The van der Waals surface area contributed by atoms with Crippen LogP contribution in [0.4, 0.5) is 5.69 Å². The second-order valence-corrected chi connectivity index (χ2v) is 15.7. The quantitative estimate of drug-likeness (QED) is 0.214. The molecule has 5 rings (SSSR count). The molecule has 0 aliphatic carbocycles. The number of hydrogen-bond donors (Lipinski definition) is 1. The monoisotopic (exact) mass is 698 g/mol. The minimum absolute atomic E-state index is 0.0403. The van der Waals surface area contributed by atoms with E-state index in [4.69, 9.17) is 4.74 Å². The Hall–Kier alpha value is -3.60. The number of para-hydroxylation sites is 1. The Balaban J connectivity index is 1.42. The van der Waals surface area contributed by atoms with Crippen LogP contribution < -0.4 is 5.32 Å². The van der Waals surface area contributed by atoms with Gasteiger partial charge in [-0.1, -0.05) is 55.9 Å². The van der Waals surface area contributed by atoms with Crippen LogP contribution in [0.5, 0.6) is 0 Å². The number of hydrogen-bond acceptors (Lipinski definition) is 9. The normalized spacial score (nSPS) is 14.4. The topological polar surface area (TPSA) is 144 Å². The lowest BCUT2D eigenvalue weighted by Crippen LogP contribution is -2.40. The smallest absolute Gasteiger partial charge is 0.243 e. The number of anilines is 1. The van der Waals surface area contributed by atoms with Crippen molar-refractivity contribution in [3.63, 3.8) is 0 Å². The average molecular weight is 699 g/mol. The number of carbonyl (C=O) groups is 1. The molecule has 1 saturated heterocycles. The summed E-state index contributed by atoms with van der Waals surface area (Å²) in [7, 11) is -7.48. The molecule has 15 heteroatoms. The molecule has 2 heterocycles. The van der Waals surface area contributed by atoms with Gasteiger partial charge >= 0.3 is 0 Å². The number of aromatic nitrogens is 3. The molecule has 3 aromatic carbocycles. The summed E-state index contributed by atoms with van der Waals surface area (Å²) in [4.78, 5) is 13.4. The Bertz CT molecular complexity index is 1960. The first-order chi connectivity index (χ1) is 22.5. The number of nitrogens with zero attached hydrogens (tertiary/aromatic N) is 5. The summed E-state index contributed by atoms with van der Waals surface area (Å²) in [5.41, 5.74) is 3.09. The number of ether oxygens (including phenoxy) is 1. The van der Waals surface area contributed by atoms with Crippen molar-refractivity contribution in [2.45, 2.75) is 42.6 Å². The van der Waals surface area contributed by atoms with Gasteiger partial charge in [0.25, 0.3) is 0 Å². The first-order valence-electron chi connectivity index (χ1n) is 15.2. The second-order valence-electron chi connectivity index (χ2n) is 10.9. The molecule has 0 unspecified atom stereocenters.